The monoisotopic (exact) mass is 328 g/mol. The molecule has 2 N–H and O–H groups in total. The third-order valence-corrected chi connectivity index (χ3v) is 4.87. The Hall–Kier alpha value is -0.450. The Morgan fingerprint density at radius 2 is 2.05 bits per heavy atom. The van der Waals surface area contributed by atoms with Gasteiger partial charge in [-0.15, -0.1) is 0 Å². The first-order chi connectivity index (χ1) is 9.13. The van der Waals surface area contributed by atoms with Crippen LogP contribution in [0.3, 0.4) is 0 Å². The fraction of sp³-hybridized carbons (Fsp3) is 0.600. The summed E-state index contributed by atoms with van der Waals surface area (Å²) in [5.74, 6) is -0.216. The number of halogens is 2. The lowest BCUT2D eigenvalue weighted by Crippen LogP contribution is -2.39. The van der Waals surface area contributed by atoms with Gasteiger partial charge in [-0.25, -0.2) is 4.39 Å². The van der Waals surface area contributed by atoms with E-state index in [2.05, 4.69) is 27.9 Å². The van der Waals surface area contributed by atoms with E-state index in [0.29, 0.717) is 12.6 Å². The van der Waals surface area contributed by atoms with Crippen molar-refractivity contribution in [2.75, 3.05) is 13.6 Å². The zero-order chi connectivity index (χ0) is 13.8. The predicted octanol–water partition coefficient (Wildman–Crippen LogP) is 3.85. The summed E-state index contributed by atoms with van der Waals surface area (Å²) >= 11 is 3.46. The van der Waals surface area contributed by atoms with Crippen LogP contribution in [0.5, 0.6) is 0 Å². The highest BCUT2D eigenvalue weighted by Gasteiger charge is 2.26. The van der Waals surface area contributed by atoms with Crippen molar-refractivity contribution in [3.05, 3.63) is 34.1 Å². The van der Waals surface area contributed by atoms with Gasteiger partial charge in [0, 0.05) is 23.1 Å². The minimum absolute atomic E-state index is 0.151. The van der Waals surface area contributed by atoms with Crippen molar-refractivity contribution in [2.45, 2.75) is 44.2 Å². The van der Waals surface area contributed by atoms with E-state index in [1.807, 2.05) is 6.07 Å². The van der Waals surface area contributed by atoms with Gasteiger partial charge in [-0.1, -0.05) is 41.3 Å². The largest absolute Gasteiger partial charge is 0.329 e. The molecule has 1 saturated carbocycles. The van der Waals surface area contributed by atoms with Crippen LogP contribution in [-0.4, -0.2) is 24.5 Å². The first-order valence-electron chi connectivity index (χ1n) is 7.00. The van der Waals surface area contributed by atoms with Gasteiger partial charge in [-0.05, 0) is 37.6 Å². The van der Waals surface area contributed by atoms with Crippen molar-refractivity contribution in [1.82, 2.24) is 4.90 Å². The van der Waals surface area contributed by atoms with Crippen LogP contribution in [0.15, 0.2) is 22.7 Å². The molecule has 1 fully saturated rings. The van der Waals surface area contributed by atoms with Gasteiger partial charge in [0.25, 0.3) is 0 Å². The number of nitrogens with two attached hydrogens (primary N) is 1. The molecule has 2 rings (SSSR count). The summed E-state index contributed by atoms with van der Waals surface area (Å²) in [6, 6.07) is 5.62. The van der Waals surface area contributed by atoms with Gasteiger partial charge < -0.3 is 5.73 Å². The first-order valence-corrected chi connectivity index (χ1v) is 7.79. The number of rotatable bonds is 4. The smallest absolute Gasteiger partial charge is 0.124 e. The second-order valence-electron chi connectivity index (χ2n) is 5.37. The van der Waals surface area contributed by atoms with E-state index in [-0.39, 0.29) is 11.9 Å². The number of hydrogen-bond acceptors (Lipinski definition) is 2. The molecule has 1 aliphatic carbocycles. The standard InChI is InChI=1S/C15H22BrFN2/c1-19(12-5-3-2-4-6-12)15(10-18)13-8-7-11(17)9-14(13)16/h7-9,12,15H,2-6,10,18H2,1H3. The van der Waals surface area contributed by atoms with Crippen LogP contribution in [0.25, 0.3) is 0 Å². The highest BCUT2D eigenvalue weighted by Crippen LogP contribution is 2.32. The molecule has 0 heterocycles. The number of hydrogen-bond donors (Lipinski definition) is 1. The van der Waals surface area contributed by atoms with Gasteiger partial charge >= 0.3 is 0 Å². The molecule has 106 valence electrons. The fourth-order valence-electron chi connectivity index (χ4n) is 3.03. The fourth-order valence-corrected chi connectivity index (χ4v) is 3.64. The highest BCUT2D eigenvalue weighted by atomic mass is 79.9. The molecule has 4 heteroatoms. The molecule has 1 aromatic carbocycles. The summed E-state index contributed by atoms with van der Waals surface area (Å²) < 4.78 is 14.0. The molecule has 1 atom stereocenters. The lowest BCUT2D eigenvalue weighted by Gasteiger charge is -2.37. The van der Waals surface area contributed by atoms with Crippen molar-refractivity contribution in [3.8, 4) is 0 Å². The predicted molar refractivity (Wildman–Crippen MR) is 80.5 cm³/mol. The van der Waals surface area contributed by atoms with Gasteiger partial charge in [-0.3, -0.25) is 4.90 Å². The summed E-state index contributed by atoms with van der Waals surface area (Å²) in [5, 5.41) is 0. The van der Waals surface area contributed by atoms with Crippen LogP contribution in [0.2, 0.25) is 0 Å². The van der Waals surface area contributed by atoms with Crippen molar-refractivity contribution in [1.29, 1.82) is 0 Å². The van der Waals surface area contributed by atoms with E-state index in [4.69, 9.17) is 5.73 Å². The Kier molecular flexibility index (Phi) is 5.37. The summed E-state index contributed by atoms with van der Waals surface area (Å²) in [4.78, 5) is 2.37. The normalized spacial score (nSPS) is 18.8. The minimum atomic E-state index is -0.216. The second kappa shape index (κ2) is 6.82. The molecule has 19 heavy (non-hydrogen) atoms. The highest BCUT2D eigenvalue weighted by molar-refractivity contribution is 9.10. The maximum absolute atomic E-state index is 13.2. The van der Waals surface area contributed by atoms with Gasteiger partial charge in [-0.2, -0.15) is 0 Å². The van der Waals surface area contributed by atoms with Crippen molar-refractivity contribution >= 4 is 15.9 Å². The lowest BCUT2D eigenvalue weighted by atomic mass is 9.92. The van der Waals surface area contributed by atoms with Crippen molar-refractivity contribution < 1.29 is 4.39 Å². The third kappa shape index (κ3) is 3.56. The zero-order valence-electron chi connectivity index (χ0n) is 11.4. The zero-order valence-corrected chi connectivity index (χ0v) is 13.0. The molecular weight excluding hydrogens is 307 g/mol. The minimum Gasteiger partial charge on any atom is -0.329 e. The number of benzene rings is 1. The summed E-state index contributed by atoms with van der Waals surface area (Å²) in [5.41, 5.74) is 7.04. The Balaban J connectivity index is 2.18. The van der Waals surface area contributed by atoms with Crippen molar-refractivity contribution in [2.24, 2.45) is 5.73 Å². The Morgan fingerprint density at radius 1 is 1.37 bits per heavy atom. The lowest BCUT2D eigenvalue weighted by molar-refractivity contribution is 0.140. The molecule has 1 aromatic rings. The van der Waals surface area contributed by atoms with Gasteiger partial charge in [0.1, 0.15) is 5.82 Å². The number of likely N-dealkylation sites (N-methyl/N-ethyl adjacent to an activating group) is 1. The van der Waals surface area contributed by atoms with Crippen molar-refractivity contribution in [3.63, 3.8) is 0 Å². The molecule has 0 aliphatic heterocycles. The number of nitrogens with zero attached hydrogens (tertiary/aromatic N) is 1. The third-order valence-electron chi connectivity index (χ3n) is 4.19. The molecule has 1 aliphatic rings. The average molecular weight is 329 g/mol. The van der Waals surface area contributed by atoms with Crippen LogP contribution in [-0.2, 0) is 0 Å². The summed E-state index contributed by atoms with van der Waals surface area (Å²) in [7, 11) is 2.14. The molecule has 1 unspecified atom stereocenters. The van der Waals surface area contributed by atoms with Gasteiger partial charge in [0.2, 0.25) is 0 Å². The molecule has 0 saturated heterocycles. The maximum Gasteiger partial charge on any atom is 0.124 e. The quantitative estimate of drug-likeness (QED) is 0.909. The summed E-state index contributed by atoms with van der Waals surface area (Å²) in [6.07, 6.45) is 6.43. The molecular formula is C15H22BrFN2. The maximum atomic E-state index is 13.2. The Labute approximate surface area is 123 Å². The van der Waals surface area contributed by atoms with E-state index in [1.54, 1.807) is 0 Å². The van der Waals surface area contributed by atoms with Gasteiger partial charge in [0.05, 0.1) is 0 Å². The van der Waals surface area contributed by atoms with E-state index < -0.39 is 0 Å². The average Bonchev–Trinajstić information content (AvgIpc) is 2.42. The molecule has 0 amide bonds. The SMILES string of the molecule is CN(C1CCCCC1)C(CN)c1ccc(F)cc1Br. The van der Waals surface area contributed by atoms with E-state index in [9.17, 15) is 4.39 Å². The first kappa shape index (κ1) is 14.9. The Bertz CT molecular complexity index is 419. The Morgan fingerprint density at radius 3 is 2.63 bits per heavy atom. The van der Waals surface area contributed by atoms with Crippen LogP contribution in [0, 0.1) is 5.82 Å². The molecule has 0 spiro atoms. The van der Waals surface area contributed by atoms with Gasteiger partial charge in [0.15, 0.2) is 0 Å². The molecule has 2 nitrogen and oxygen atoms in total. The second-order valence-corrected chi connectivity index (χ2v) is 6.23. The molecule has 0 radical (unpaired) electrons. The molecule has 0 bridgehead atoms. The van der Waals surface area contributed by atoms with Crippen LogP contribution < -0.4 is 5.73 Å². The van der Waals surface area contributed by atoms with E-state index in [0.717, 1.165) is 10.0 Å². The van der Waals surface area contributed by atoms with E-state index in [1.165, 1.54) is 44.2 Å². The van der Waals surface area contributed by atoms with Crippen LogP contribution in [0.1, 0.15) is 43.7 Å². The van der Waals surface area contributed by atoms with Crippen LogP contribution >= 0.6 is 15.9 Å². The topological polar surface area (TPSA) is 29.3 Å². The van der Waals surface area contributed by atoms with Crippen LogP contribution in [0.4, 0.5) is 4.39 Å². The van der Waals surface area contributed by atoms with E-state index >= 15 is 0 Å². The summed E-state index contributed by atoms with van der Waals surface area (Å²) in [6.45, 7) is 0.553. The molecule has 0 aromatic heterocycles.